The largest absolute Gasteiger partial charge is 0.486 e. The first-order valence-electron chi connectivity index (χ1n) is 9.04. The molecule has 0 spiro atoms. The van der Waals surface area contributed by atoms with Crippen LogP contribution in [0.2, 0.25) is 0 Å². The summed E-state index contributed by atoms with van der Waals surface area (Å²) in [5.74, 6) is 2.24. The predicted molar refractivity (Wildman–Crippen MR) is 112 cm³/mol. The number of hydrogen-bond donors (Lipinski definition) is 1. The van der Waals surface area contributed by atoms with Gasteiger partial charge in [0.2, 0.25) is 5.91 Å². The van der Waals surface area contributed by atoms with Gasteiger partial charge in [0.25, 0.3) is 0 Å². The number of benzene rings is 1. The Morgan fingerprint density at radius 3 is 2.82 bits per heavy atom. The van der Waals surface area contributed by atoms with Crippen molar-refractivity contribution in [2.24, 2.45) is 5.92 Å². The lowest BCUT2D eigenvalue weighted by atomic mass is 10.1. The molecule has 148 valence electrons. The highest BCUT2D eigenvalue weighted by Gasteiger charge is 2.15. The Hall–Kier alpha value is -2.39. The highest BCUT2D eigenvalue weighted by atomic mass is 32.2. The minimum atomic E-state index is -0.111. The van der Waals surface area contributed by atoms with Crippen LogP contribution in [0, 0.1) is 5.92 Å². The third-order valence-corrected chi connectivity index (χ3v) is 5.50. The van der Waals surface area contributed by atoms with Crippen LogP contribution in [0.1, 0.15) is 26.1 Å². The normalized spacial score (nSPS) is 11.0. The van der Waals surface area contributed by atoms with Crippen LogP contribution in [-0.4, -0.2) is 31.4 Å². The molecule has 0 atom stereocenters. The minimum Gasteiger partial charge on any atom is -0.486 e. The second kappa shape index (κ2) is 10.2. The lowest BCUT2D eigenvalue weighted by Gasteiger charge is -2.12. The zero-order valence-electron chi connectivity index (χ0n) is 15.9. The number of amides is 1. The predicted octanol–water partition coefficient (Wildman–Crippen LogP) is 4.09. The molecule has 0 unspecified atom stereocenters. The molecule has 0 aliphatic carbocycles. The Bertz CT molecular complexity index is 866. The number of aromatic nitrogens is 4. The van der Waals surface area contributed by atoms with Gasteiger partial charge in [-0.25, -0.2) is 4.98 Å². The molecule has 3 rings (SSSR count). The summed E-state index contributed by atoms with van der Waals surface area (Å²) >= 11 is 2.76. The van der Waals surface area contributed by atoms with Gasteiger partial charge in [-0.2, -0.15) is 0 Å². The molecule has 2 aromatic heterocycles. The average Bonchev–Trinajstić information content (AvgIpc) is 3.33. The first-order valence-corrected chi connectivity index (χ1v) is 10.9. The fourth-order valence-electron chi connectivity index (χ4n) is 2.38. The van der Waals surface area contributed by atoms with Crippen LogP contribution < -0.4 is 10.1 Å². The van der Waals surface area contributed by atoms with Crippen molar-refractivity contribution in [3.63, 3.8) is 0 Å². The van der Waals surface area contributed by atoms with Crippen molar-refractivity contribution in [2.45, 2.75) is 38.6 Å². The molecule has 9 heteroatoms. The van der Waals surface area contributed by atoms with Crippen molar-refractivity contribution in [1.82, 2.24) is 19.7 Å². The lowest BCUT2D eigenvalue weighted by molar-refractivity contribution is -0.113. The minimum absolute atomic E-state index is 0.111. The zero-order chi connectivity index (χ0) is 19.8. The summed E-state index contributed by atoms with van der Waals surface area (Å²) in [5.41, 5.74) is 0. The van der Waals surface area contributed by atoms with Crippen LogP contribution in [0.25, 0.3) is 0 Å². The van der Waals surface area contributed by atoms with Gasteiger partial charge in [-0.1, -0.05) is 43.8 Å². The highest BCUT2D eigenvalue weighted by molar-refractivity contribution is 7.99. The number of anilines is 1. The van der Waals surface area contributed by atoms with Gasteiger partial charge in [0, 0.05) is 18.1 Å². The number of carbonyl (C=O) groups excluding carboxylic acids is 1. The molecule has 0 aliphatic rings. The summed E-state index contributed by atoms with van der Waals surface area (Å²) in [5, 5.41) is 14.5. The molecule has 0 aliphatic heterocycles. The molecular weight excluding hydrogens is 394 g/mol. The number of carbonyl (C=O) groups is 1. The number of rotatable bonds is 10. The van der Waals surface area contributed by atoms with E-state index in [2.05, 4.69) is 34.3 Å². The molecular formula is C19H23N5O2S2. The Kier molecular flexibility index (Phi) is 7.44. The molecule has 0 fully saturated rings. The van der Waals surface area contributed by atoms with Crippen molar-refractivity contribution in [1.29, 1.82) is 0 Å². The maximum Gasteiger partial charge on any atom is 0.236 e. The van der Waals surface area contributed by atoms with Gasteiger partial charge in [-0.05, 0) is 24.5 Å². The third-order valence-electron chi connectivity index (χ3n) is 3.85. The number of hydrogen-bond acceptors (Lipinski definition) is 7. The smallest absolute Gasteiger partial charge is 0.236 e. The van der Waals surface area contributed by atoms with E-state index in [0.29, 0.717) is 17.7 Å². The number of nitrogens with zero attached hydrogens (tertiary/aromatic N) is 4. The maximum atomic E-state index is 12.1. The maximum absolute atomic E-state index is 12.1. The quantitative estimate of drug-likeness (QED) is 0.500. The first-order chi connectivity index (χ1) is 13.6. The van der Waals surface area contributed by atoms with Crippen LogP contribution in [0.5, 0.6) is 5.75 Å². The number of ether oxygens (including phenoxy) is 1. The van der Waals surface area contributed by atoms with Crippen molar-refractivity contribution >= 4 is 34.1 Å². The topological polar surface area (TPSA) is 81.9 Å². The van der Waals surface area contributed by atoms with Gasteiger partial charge >= 0.3 is 0 Å². The fourth-order valence-corrected chi connectivity index (χ4v) is 3.71. The van der Waals surface area contributed by atoms with Crippen LogP contribution in [0.4, 0.5) is 5.13 Å². The van der Waals surface area contributed by atoms with E-state index in [9.17, 15) is 4.79 Å². The molecule has 1 N–H and O–H groups in total. The number of thioether (sulfide) groups is 1. The van der Waals surface area contributed by atoms with E-state index in [1.807, 2.05) is 40.3 Å². The molecule has 1 aromatic carbocycles. The van der Waals surface area contributed by atoms with Crippen molar-refractivity contribution in [3.8, 4) is 5.75 Å². The van der Waals surface area contributed by atoms with Gasteiger partial charge in [0.05, 0.1) is 5.75 Å². The molecule has 0 saturated heterocycles. The van der Waals surface area contributed by atoms with Crippen LogP contribution in [-0.2, 0) is 17.9 Å². The molecule has 1 amide bonds. The Morgan fingerprint density at radius 2 is 2.11 bits per heavy atom. The molecule has 2 heterocycles. The number of nitrogens with one attached hydrogen (secondary N) is 1. The number of para-hydroxylation sites is 1. The van der Waals surface area contributed by atoms with Crippen LogP contribution >= 0.6 is 23.1 Å². The average molecular weight is 418 g/mol. The highest BCUT2D eigenvalue weighted by Crippen LogP contribution is 2.21. The van der Waals surface area contributed by atoms with Gasteiger partial charge in [-0.3, -0.25) is 4.79 Å². The molecule has 28 heavy (non-hydrogen) atoms. The number of thiazole rings is 1. The Labute approximate surface area is 172 Å². The Balaban J connectivity index is 1.63. The van der Waals surface area contributed by atoms with E-state index in [0.717, 1.165) is 29.7 Å². The molecule has 3 aromatic rings. The summed E-state index contributed by atoms with van der Waals surface area (Å²) in [6.07, 6.45) is 2.66. The lowest BCUT2D eigenvalue weighted by Crippen LogP contribution is -2.15. The van der Waals surface area contributed by atoms with E-state index in [4.69, 9.17) is 4.74 Å². The van der Waals surface area contributed by atoms with Gasteiger partial charge in [0.1, 0.15) is 12.4 Å². The SMILES string of the molecule is CC(C)CCn1c(COc2ccccc2)nnc1SCC(=O)Nc1nccs1. The molecule has 0 saturated carbocycles. The molecule has 7 nitrogen and oxygen atoms in total. The van der Waals surface area contributed by atoms with E-state index >= 15 is 0 Å². The van der Waals surface area contributed by atoms with Gasteiger partial charge in [-0.15, -0.1) is 21.5 Å². The fraction of sp³-hybridized carbons (Fsp3) is 0.368. The van der Waals surface area contributed by atoms with E-state index in [1.54, 1.807) is 6.20 Å². The summed E-state index contributed by atoms with van der Waals surface area (Å²) in [6, 6.07) is 9.63. The summed E-state index contributed by atoms with van der Waals surface area (Å²) in [6.45, 7) is 5.48. The standard InChI is InChI=1S/C19H23N5O2S2/c1-14(2)8-10-24-16(12-26-15-6-4-3-5-7-15)22-23-19(24)28-13-17(25)21-18-20-9-11-27-18/h3-7,9,11,14H,8,10,12-13H2,1-2H3,(H,20,21,25). The van der Waals surface area contributed by atoms with Crippen molar-refractivity contribution in [2.75, 3.05) is 11.1 Å². The summed E-state index contributed by atoms with van der Waals surface area (Å²) < 4.78 is 7.88. The van der Waals surface area contributed by atoms with Crippen molar-refractivity contribution < 1.29 is 9.53 Å². The van der Waals surface area contributed by atoms with Crippen molar-refractivity contribution in [3.05, 3.63) is 47.7 Å². The summed E-state index contributed by atoms with van der Waals surface area (Å²) in [7, 11) is 0. The van der Waals surface area contributed by atoms with E-state index in [1.165, 1.54) is 23.1 Å². The second-order valence-corrected chi connectivity index (χ2v) is 8.35. The summed E-state index contributed by atoms with van der Waals surface area (Å²) in [4.78, 5) is 16.2. The van der Waals surface area contributed by atoms with Gasteiger partial charge in [0.15, 0.2) is 16.1 Å². The van der Waals surface area contributed by atoms with Crippen LogP contribution in [0.15, 0.2) is 47.1 Å². The third kappa shape index (κ3) is 6.07. The van der Waals surface area contributed by atoms with Gasteiger partial charge < -0.3 is 14.6 Å². The first kappa shape index (κ1) is 20.3. The van der Waals surface area contributed by atoms with E-state index in [-0.39, 0.29) is 11.7 Å². The monoisotopic (exact) mass is 417 g/mol. The zero-order valence-corrected chi connectivity index (χ0v) is 17.5. The molecule has 0 radical (unpaired) electrons. The Morgan fingerprint density at radius 1 is 1.29 bits per heavy atom. The van der Waals surface area contributed by atoms with E-state index < -0.39 is 0 Å². The molecule has 0 bridgehead atoms. The van der Waals surface area contributed by atoms with Crippen LogP contribution in [0.3, 0.4) is 0 Å². The second-order valence-electron chi connectivity index (χ2n) is 6.51.